The Morgan fingerprint density at radius 1 is 0.659 bits per heavy atom. The predicted molar refractivity (Wildman–Crippen MR) is 168 cm³/mol. The number of aliphatic carboxylic acids is 3. The SMILES string of the molecule is N[C@@H](CCCCNC(=O)c1ccc(CN(CCC(=O)O)C(=O)CCCCCCCCCCCCCCC(=O)O)cc1)C(=O)O. The molecule has 0 saturated heterocycles. The average molecular weight is 620 g/mol. The zero-order valence-corrected chi connectivity index (χ0v) is 26.1. The first-order chi connectivity index (χ1) is 21.1. The van der Waals surface area contributed by atoms with Crippen molar-refractivity contribution in [1.29, 1.82) is 0 Å². The van der Waals surface area contributed by atoms with E-state index in [1.165, 1.54) is 25.7 Å². The first-order valence-corrected chi connectivity index (χ1v) is 16.2. The number of carbonyl (C=O) groups excluding carboxylic acids is 2. The molecule has 0 fully saturated rings. The predicted octanol–water partition coefficient (Wildman–Crippen LogP) is 5.35. The zero-order chi connectivity index (χ0) is 32.6. The molecule has 0 aliphatic rings. The standard InChI is InChI=1S/C33H53N3O8/c34-28(33(43)44)15-13-14-23-35-32(42)27-20-18-26(19-21-27)25-36(24-22-31(40)41)29(37)16-11-9-7-5-3-1-2-4-6-8-10-12-17-30(38)39/h18-21,28H,1-17,22-25,34H2,(H,35,42)(H,38,39)(H,40,41)(H,43,44)/t28-/m0/s1. The van der Waals surface area contributed by atoms with Crippen LogP contribution >= 0.6 is 0 Å². The van der Waals surface area contributed by atoms with Gasteiger partial charge in [-0.3, -0.25) is 24.0 Å². The molecule has 248 valence electrons. The lowest BCUT2D eigenvalue weighted by atomic mass is 10.0. The number of amides is 2. The Balaban J connectivity index is 2.31. The highest BCUT2D eigenvalue weighted by atomic mass is 16.4. The van der Waals surface area contributed by atoms with Crippen LogP contribution in [0.5, 0.6) is 0 Å². The van der Waals surface area contributed by atoms with Crippen LogP contribution in [0.3, 0.4) is 0 Å². The molecule has 44 heavy (non-hydrogen) atoms. The molecule has 1 rings (SSSR count). The van der Waals surface area contributed by atoms with E-state index in [1.54, 1.807) is 29.2 Å². The molecular formula is C33H53N3O8. The van der Waals surface area contributed by atoms with E-state index in [1.807, 2.05) is 0 Å². The van der Waals surface area contributed by atoms with E-state index >= 15 is 0 Å². The first-order valence-electron chi connectivity index (χ1n) is 16.2. The van der Waals surface area contributed by atoms with Gasteiger partial charge >= 0.3 is 17.9 Å². The van der Waals surface area contributed by atoms with E-state index in [0.717, 1.165) is 56.9 Å². The third-order valence-electron chi connectivity index (χ3n) is 7.61. The molecule has 0 aromatic heterocycles. The fraction of sp³-hybridized carbons (Fsp3) is 0.667. The number of hydrogen-bond donors (Lipinski definition) is 5. The van der Waals surface area contributed by atoms with Gasteiger partial charge in [-0.05, 0) is 49.8 Å². The molecule has 0 spiro atoms. The second-order valence-corrected chi connectivity index (χ2v) is 11.5. The second-order valence-electron chi connectivity index (χ2n) is 11.5. The van der Waals surface area contributed by atoms with Crippen molar-refractivity contribution in [2.45, 2.75) is 128 Å². The van der Waals surface area contributed by atoms with Gasteiger partial charge in [0.1, 0.15) is 6.04 Å². The maximum Gasteiger partial charge on any atom is 0.320 e. The van der Waals surface area contributed by atoms with Crippen LogP contribution in [0.1, 0.15) is 131 Å². The van der Waals surface area contributed by atoms with E-state index in [4.69, 9.17) is 21.1 Å². The summed E-state index contributed by atoms with van der Waals surface area (Å²) in [7, 11) is 0. The van der Waals surface area contributed by atoms with Crippen LogP contribution < -0.4 is 11.1 Å². The Hall–Kier alpha value is -3.47. The molecule has 1 atom stereocenters. The summed E-state index contributed by atoms with van der Waals surface area (Å²) < 4.78 is 0. The van der Waals surface area contributed by atoms with Gasteiger partial charge in [0, 0.05) is 38.0 Å². The number of carboxylic acid groups (broad SMARTS) is 3. The number of unbranched alkanes of at least 4 members (excludes halogenated alkanes) is 12. The van der Waals surface area contributed by atoms with Gasteiger partial charge in [0.05, 0.1) is 6.42 Å². The molecule has 0 bridgehead atoms. The van der Waals surface area contributed by atoms with E-state index in [9.17, 15) is 24.0 Å². The second kappa shape index (κ2) is 23.9. The smallest absolute Gasteiger partial charge is 0.320 e. The van der Waals surface area contributed by atoms with Crippen molar-refractivity contribution in [3.8, 4) is 0 Å². The van der Waals surface area contributed by atoms with Crippen LogP contribution in [-0.4, -0.2) is 69.1 Å². The summed E-state index contributed by atoms with van der Waals surface area (Å²) >= 11 is 0. The fourth-order valence-corrected chi connectivity index (χ4v) is 4.90. The van der Waals surface area contributed by atoms with Gasteiger partial charge < -0.3 is 31.3 Å². The lowest BCUT2D eigenvalue weighted by Gasteiger charge is -2.22. The quantitative estimate of drug-likeness (QED) is 0.0809. The molecule has 0 radical (unpaired) electrons. The molecule has 0 saturated carbocycles. The number of carboxylic acids is 3. The van der Waals surface area contributed by atoms with Crippen molar-refractivity contribution in [2.75, 3.05) is 13.1 Å². The largest absolute Gasteiger partial charge is 0.481 e. The highest BCUT2D eigenvalue weighted by Crippen LogP contribution is 2.15. The van der Waals surface area contributed by atoms with E-state index < -0.39 is 23.9 Å². The number of nitrogens with one attached hydrogen (secondary N) is 1. The van der Waals surface area contributed by atoms with Gasteiger partial charge in [-0.1, -0.05) is 76.3 Å². The number of rotatable bonds is 27. The van der Waals surface area contributed by atoms with E-state index in [2.05, 4.69) is 5.32 Å². The van der Waals surface area contributed by atoms with Gasteiger partial charge in [-0.25, -0.2) is 0 Å². The third kappa shape index (κ3) is 19.7. The molecule has 0 aliphatic heterocycles. The van der Waals surface area contributed by atoms with Crippen molar-refractivity contribution < 1.29 is 39.3 Å². The van der Waals surface area contributed by atoms with Gasteiger partial charge in [-0.15, -0.1) is 0 Å². The van der Waals surface area contributed by atoms with Crippen LogP contribution in [0, 0.1) is 0 Å². The average Bonchev–Trinajstić information content (AvgIpc) is 2.98. The summed E-state index contributed by atoms with van der Waals surface area (Å²) in [6, 6.07) is 5.98. The molecule has 0 unspecified atom stereocenters. The van der Waals surface area contributed by atoms with E-state index in [0.29, 0.717) is 37.8 Å². The minimum atomic E-state index is -1.04. The first kappa shape index (κ1) is 38.6. The molecule has 1 aromatic carbocycles. The number of carbonyl (C=O) groups is 5. The Kier molecular flexibility index (Phi) is 21.0. The maximum atomic E-state index is 12.9. The van der Waals surface area contributed by atoms with Crippen LogP contribution in [0.4, 0.5) is 0 Å². The number of benzene rings is 1. The summed E-state index contributed by atoms with van der Waals surface area (Å²) in [5.74, 6) is -3.03. The lowest BCUT2D eigenvalue weighted by molar-refractivity contribution is -0.140. The minimum Gasteiger partial charge on any atom is -0.481 e. The molecule has 1 aromatic rings. The molecule has 11 nitrogen and oxygen atoms in total. The van der Waals surface area contributed by atoms with Gasteiger partial charge in [0.2, 0.25) is 5.91 Å². The summed E-state index contributed by atoms with van der Waals surface area (Å²) in [5, 5.41) is 29.4. The Morgan fingerprint density at radius 2 is 1.16 bits per heavy atom. The van der Waals surface area contributed by atoms with Crippen LogP contribution in [0.2, 0.25) is 0 Å². The van der Waals surface area contributed by atoms with Crippen molar-refractivity contribution in [2.24, 2.45) is 5.73 Å². The summed E-state index contributed by atoms with van der Waals surface area (Å²) in [5.41, 5.74) is 6.75. The highest BCUT2D eigenvalue weighted by molar-refractivity contribution is 5.94. The summed E-state index contributed by atoms with van der Waals surface area (Å²) in [6.45, 7) is 0.808. The van der Waals surface area contributed by atoms with Crippen molar-refractivity contribution >= 4 is 29.7 Å². The Morgan fingerprint density at radius 3 is 1.66 bits per heavy atom. The molecule has 6 N–H and O–H groups in total. The molecule has 11 heteroatoms. The van der Waals surface area contributed by atoms with Crippen LogP contribution in [0.15, 0.2) is 24.3 Å². The van der Waals surface area contributed by atoms with Gasteiger partial charge in [0.15, 0.2) is 0 Å². The van der Waals surface area contributed by atoms with Crippen molar-refractivity contribution in [3.05, 3.63) is 35.4 Å². The minimum absolute atomic E-state index is 0.0703. The third-order valence-corrected chi connectivity index (χ3v) is 7.61. The molecule has 0 aliphatic carbocycles. The molecule has 0 heterocycles. The number of hydrogen-bond acceptors (Lipinski definition) is 6. The summed E-state index contributed by atoms with van der Waals surface area (Å²) in [6.07, 6.45) is 14.8. The zero-order valence-electron chi connectivity index (χ0n) is 26.1. The van der Waals surface area contributed by atoms with E-state index in [-0.39, 0.29) is 37.7 Å². The monoisotopic (exact) mass is 619 g/mol. The number of nitrogens with zero attached hydrogens (tertiary/aromatic N) is 1. The highest BCUT2D eigenvalue weighted by Gasteiger charge is 2.16. The van der Waals surface area contributed by atoms with Crippen LogP contribution in [0.25, 0.3) is 0 Å². The Bertz CT molecular complexity index is 999. The maximum absolute atomic E-state index is 12.9. The lowest BCUT2D eigenvalue weighted by Crippen LogP contribution is -2.32. The van der Waals surface area contributed by atoms with Gasteiger partial charge in [-0.2, -0.15) is 0 Å². The Labute approximate surface area is 261 Å². The normalized spacial score (nSPS) is 11.6. The van der Waals surface area contributed by atoms with Gasteiger partial charge in [0.25, 0.3) is 5.91 Å². The van der Waals surface area contributed by atoms with Crippen molar-refractivity contribution in [1.82, 2.24) is 10.2 Å². The summed E-state index contributed by atoms with van der Waals surface area (Å²) in [4.78, 5) is 59.3. The topological polar surface area (TPSA) is 187 Å². The molecule has 2 amide bonds. The fourth-order valence-electron chi connectivity index (χ4n) is 4.90. The molecular weight excluding hydrogens is 566 g/mol. The number of nitrogens with two attached hydrogens (primary N) is 1. The van der Waals surface area contributed by atoms with Crippen molar-refractivity contribution in [3.63, 3.8) is 0 Å². The van der Waals surface area contributed by atoms with Crippen LogP contribution in [-0.2, 0) is 25.7 Å².